The van der Waals surface area contributed by atoms with Crippen LogP contribution in [0, 0.1) is 50.0 Å². The summed E-state index contributed by atoms with van der Waals surface area (Å²) < 4.78 is 0. The molecule has 0 aliphatic carbocycles. The van der Waals surface area contributed by atoms with E-state index in [0.29, 0.717) is 0 Å². The predicted octanol–water partition coefficient (Wildman–Crippen LogP) is 8.39. The van der Waals surface area contributed by atoms with Gasteiger partial charge in [0.25, 0.3) is 0 Å². The molecule has 7 heteroatoms. The summed E-state index contributed by atoms with van der Waals surface area (Å²) in [5, 5.41) is 0. The Bertz CT molecular complexity index is 314. The fourth-order valence-electron chi connectivity index (χ4n) is 6.75. The van der Waals surface area contributed by atoms with Crippen LogP contribution in [0.4, 0.5) is 0 Å². The van der Waals surface area contributed by atoms with E-state index in [2.05, 4.69) is 127 Å². The van der Waals surface area contributed by atoms with E-state index in [1.165, 1.54) is 0 Å². The number of hydrogen-bond donors (Lipinski definition) is 0. The average Bonchev–Trinajstić information content (AvgIpc) is 1.97. The van der Waals surface area contributed by atoms with Gasteiger partial charge in [-0.3, -0.25) is 0 Å². The van der Waals surface area contributed by atoms with Crippen molar-refractivity contribution < 1.29 is 40.4 Å². The van der Waals surface area contributed by atoms with Crippen LogP contribution in [0.2, 0.25) is 118 Å². The Morgan fingerprint density at radius 3 is 0.333 bits per heavy atom. The Morgan fingerprint density at radius 2 is 0.333 bits per heavy atom. The zero-order chi connectivity index (χ0) is 22.2. The Balaban J connectivity index is -0.000000411. The van der Waals surface area contributed by atoms with E-state index in [1.54, 1.807) is 0 Å². The topological polar surface area (TPSA) is 0 Å². The van der Waals surface area contributed by atoms with E-state index >= 15 is 0 Å². The molecule has 0 heterocycles. The Labute approximate surface area is 214 Å². The van der Waals surface area contributed by atoms with Gasteiger partial charge in [0, 0.05) is 40.4 Å². The molecule has 0 aliphatic rings. The summed E-state index contributed by atoms with van der Waals surface area (Å²) in [7, 11) is -6.10. The van der Waals surface area contributed by atoms with Crippen molar-refractivity contribution in [2.24, 2.45) is 0 Å². The van der Waals surface area contributed by atoms with Crippen molar-refractivity contribution in [3.8, 4) is 0 Å². The second-order valence-corrected chi connectivity index (χ2v) is 47.2. The Kier molecular flexibility index (Phi) is 13.9. The minimum Gasteiger partial charge on any atom is -0.311 e. The molecule has 0 saturated heterocycles. The summed E-state index contributed by atoms with van der Waals surface area (Å²) in [5.41, 5.74) is 0. The van der Waals surface area contributed by atoms with E-state index in [-0.39, 0.29) is 40.4 Å². The van der Waals surface area contributed by atoms with Crippen molar-refractivity contribution in [3.63, 3.8) is 0 Å². The van der Waals surface area contributed by atoms with Gasteiger partial charge in [0.1, 0.15) is 0 Å². The normalized spacial score (nSPS) is 14.7. The van der Waals surface area contributed by atoms with Crippen LogP contribution in [-0.4, -0.2) is 48.4 Å². The third kappa shape index (κ3) is 13.6. The summed E-state index contributed by atoms with van der Waals surface area (Å²) >= 11 is 0. The van der Waals surface area contributed by atoms with Crippen molar-refractivity contribution in [1.29, 1.82) is 0 Å². The van der Waals surface area contributed by atoms with Crippen LogP contribution in [0.15, 0.2) is 0 Å². The Hall–Kier alpha value is 2.64. The molecule has 0 N–H and O–H groups in total. The van der Waals surface area contributed by atoms with Gasteiger partial charge in [-0.2, -0.15) is 0 Å². The summed E-state index contributed by atoms with van der Waals surface area (Å²) in [6.45, 7) is 45.5. The molecule has 0 saturated carbocycles. The molecule has 166 valence electrons. The summed E-state index contributed by atoms with van der Waals surface area (Å²) in [6, 6.07) is 0. The second kappa shape index (κ2) is 11.0. The molecule has 0 aromatic carbocycles. The molecule has 0 rings (SSSR count). The van der Waals surface area contributed by atoms with Crippen LogP contribution in [0.5, 0.6) is 0 Å². The first-order valence-electron chi connectivity index (χ1n) is 10.5. The molecule has 0 atom stereocenters. The van der Waals surface area contributed by atoms with Gasteiger partial charge in [0.15, 0.2) is 0 Å². The minimum absolute atomic E-state index is 0. The SMILES string of the molecule is C[Si](C)(C)[C-]([Si](C)(C)C)[Si](C)(C)C.C[Si](C)(C)[C-]([Si](C)(C)C)[Si](C)(C)C.[Sm]. The van der Waals surface area contributed by atoms with Gasteiger partial charge in [-0.05, 0) is 0 Å². The van der Waals surface area contributed by atoms with Crippen molar-refractivity contribution in [1.82, 2.24) is 0 Å². The van der Waals surface area contributed by atoms with Gasteiger partial charge >= 0.3 is 0 Å². The van der Waals surface area contributed by atoms with Crippen LogP contribution >= 0.6 is 0 Å². The van der Waals surface area contributed by atoms with E-state index in [4.69, 9.17) is 0 Å². The summed E-state index contributed by atoms with van der Waals surface area (Å²) in [6.07, 6.45) is 0. The third-order valence-electron chi connectivity index (χ3n) is 4.50. The van der Waals surface area contributed by atoms with E-state index in [1.807, 2.05) is 0 Å². The van der Waals surface area contributed by atoms with Crippen LogP contribution in [0.1, 0.15) is 0 Å². The third-order valence-corrected chi connectivity index (χ3v) is 40.5. The first-order valence-corrected chi connectivity index (χ1v) is 31.5. The number of rotatable bonds is 6. The summed E-state index contributed by atoms with van der Waals surface area (Å²) in [4.78, 5) is 4.12. The monoisotopic (exact) mass is 614 g/mol. The molecule has 0 amide bonds. The second-order valence-electron chi connectivity index (χ2n) is 14.2. The molecule has 0 aromatic rings. The zero-order valence-electron chi connectivity index (χ0n) is 22.4. The molecule has 0 unspecified atom stereocenters. The fourth-order valence-corrected chi connectivity index (χ4v) is 60.8. The van der Waals surface area contributed by atoms with Gasteiger partial charge in [0.05, 0.1) is 0 Å². The van der Waals surface area contributed by atoms with Gasteiger partial charge < -0.3 is 9.58 Å². The molecule has 0 fully saturated rings. The fraction of sp³-hybridized carbons (Fsp3) is 0.900. The maximum absolute atomic E-state index is 2.53. The van der Waals surface area contributed by atoms with Gasteiger partial charge in [-0.15, -0.1) is 48.4 Å². The maximum atomic E-state index is 2.53. The maximum Gasteiger partial charge on any atom is 0 e. The van der Waals surface area contributed by atoms with Crippen LogP contribution in [0.3, 0.4) is 0 Å². The largest absolute Gasteiger partial charge is 0.311 e. The molecule has 0 nitrogen and oxygen atoms in total. The van der Waals surface area contributed by atoms with E-state index in [0.717, 1.165) is 0 Å². The van der Waals surface area contributed by atoms with Crippen molar-refractivity contribution in [2.75, 3.05) is 0 Å². The van der Waals surface area contributed by atoms with Gasteiger partial charge in [-0.25, -0.2) is 0 Å². The van der Waals surface area contributed by atoms with Crippen LogP contribution in [0.25, 0.3) is 0 Å². The molecular weight excluding hydrogens is 559 g/mol. The minimum atomic E-state index is -1.02. The molecule has 27 heavy (non-hydrogen) atoms. The first kappa shape index (κ1) is 34.3. The first-order chi connectivity index (χ1) is 10.7. The molecule has 0 aromatic heterocycles. The predicted molar refractivity (Wildman–Crippen MR) is 147 cm³/mol. The quantitative estimate of drug-likeness (QED) is 0.209. The van der Waals surface area contributed by atoms with E-state index < -0.39 is 48.4 Å². The molecule has 0 aliphatic heterocycles. The van der Waals surface area contributed by atoms with Gasteiger partial charge in [-0.1, -0.05) is 118 Å². The van der Waals surface area contributed by atoms with Crippen LogP contribution < -0.4 is 0 Å². The number of hydrogen-bond acceptors (Lipinski definition) is 0. The van der Waals surface area contributed by atoms with Crippen molar-refractivity contribution in [3.05, 3.63) is 9.58 Å². The smallest absolute Gasteiger partial charge is 0 e. The standard InChI is InChI=1S/2C10H27Si3.Sm/c2*1-11(2,3)10(12(4,5)6)13(7,8)9;/h2*1-9H3;/q2*-1;. The molecular formula is C20H54Si6Sm-2. The van der Waals surface area contributed by atoms with Crippen LogP contribution in [-0.2, 0) is 0 Å². The molecule has 0 radical (unpaired) electrons. The zero-order valence-corrected chi connectivity index (χ0v) is 31.0. The Morgan fingerprint density at radius 1 is 0.259 bits per heavy atom. The summed E-state index contributed by atoms with van der Waals surface area (Å²) in [5.74, 6) is 0. The van der Waals surface area contributed by atoms with Crippen molar-refractivity contribution in [2.45, 2.75) is 118 Å². The molecule has 0 bridgehead atoms. The average molecular weight is 614 g/mol. The van der Waals surface area contributed by atoms with E-state index in [9.17, 15) is 0 Å². The van der Waals surface area contributed by atoms with Crippen molar-refractivity contribution >= 4 is 48.4 Å². The van der Waals surface area contributed by atoms with Gasteiger partial charge in [0.2, 0.25) is 0 Å². The molecule has 0 spiro atoms.